The molecule has 0 spiro atoms. The summed E-state index contributed by atoms with van der Waals surface area (Å²) in [6.07, 6.45) is 6.55. The number of hydrogen-bond acceptors (Lipinski definition) is 4. The van der Waals surface area contributed by atoms with Crippen LogP contribution in [0, 0.1) is 17.8 Å². The summed E-state index contributed by atoms with van der Waals surface area (Å²) in [5.41, 5.74) is 0. The predicted octanol–water partition coefficient (Wildman–Crippen LogP) is 0.862. The van der Waals surface area contributed by atoms with Crippen LogP contribution in [-0.2, 0) is 14.3 Å². The summed E-state index contributed by atoms with van der Waals surface area (Å²) in [7, 11) is 0. The molecule has 1 aliphatic carbocycles. The molecule has 4 fully saturated rings. The number of hydrogen-bond donors (Lipinski definition) is 1. The fraction of sp³-hybridized carbons (Fsp3) is 0.895. The van der Waals surface area contributed by atoms with Gasteiger partial charge in [-0.3, -0.25) is 14.5 Å². The van der Waals surface area contributed by atoms with Crippen LogP contribution >= 0.6 is 0 Å². The number of nitrogens with zero attached hydrogens (tertiary/aromatic N) is 2. The molecule has 3 heterocycles. The Bertz CT molecular complexity index is 496. The highest BCUT2D eigenvalue weighted by atomic mass is 16.5. The maximum absolute atomic E-state index is 12.8. The van der Waals surface area contributed by atoms with Crippen molar-refractivity contribution in [3.05, 3.63) is 0 Å². The van der Waals surface area contributed by atoms with Crippen LogP contribution in [0.4, 0.5) is 0 Å². The number of piperidine rings is 1. The van der Waals surface area contributed by atoms with Gasteiger partial charge in [-0.05, 0) is 44.4 Å². The van der Waals surface area contributed by atoms with Crippen LogP contribution in [0.5, 0.6) is 0 Å². The van der Waals surface area contributed by atoms with Crippen molar-refractivity contribution >= 4 is 11.8 Å². The van der Waals surface area contributed by atoms with Crippen LogP contribution < -0.4 is 5.32 Å². The number of carbonyl (C=O) groups excluding carboxylic acids is 2. The van der Waals surface area contributed by atoms with Gasteiger partial charge in [0.25, 0.3) is 0 Å². The largest absolute Gasteiger partial charge is 0.381 e. The third-order valence-corrected chi connectivity index (χ3v) is 6.33. The zero-order valence-corrected chi connectivity index (χ0v) is 15.1. The van der Waals surface area contributed by atoms with Crippen molar-refractivity contribution in [1.82, 2.24) is 15.1 Å². The fourth-order valence-electron chi connectivity index (χ4n) is 4.38. The third kappa shape index (κ3) is 4.17. The van der Waals surface area contributed by atoms with Crippen LogP contribution in [-0.4, -0.2) is 73.6 Å². The maximum Gasteiger partial charge on any atom is 0.228 e. The summed E-state index contributed by atoms with van der Waals surface area (Å²) in [5.74, 6) is 1.25. The Hall–Kier alpha value is -1.14. The van der Waals surface area contributed by atoms with E-state index in [1.54, 1.807) is 0 Å². The Morgan fingerprint density at radius 2 is 1.72 bits per heavy atom. The molecule has 2 amide bonds. The van der Waals surface area contributed by atoms with Gasteiger partial charge in [-0.25, -0.2) is 0 Å². The zero-order valence-electron chi connectivity index (χ0n) is 15.1. The Morgan fingerprint density at radius 1 is 0.960 bits per heavy atom. The lowest BCUT2D eigenvalue weighted by Gasteiger charge is -2.46. The maximum atomic E-state index is 12.8. The number of rotatable bonds is 5. The van der Waals surface area contributed by atoms with Gasteiger partial charge in [0.05, 0.1) is 11.8 Å². The summed E-state index contributed by atoms with van der Waals surface area (Å²) in [4.78, 5) is 29.5. The quantitative estimate of drug-likeness (QED) is 0.800. The molecule has 1 atom stereocenters. The normalized spacial score (nSPS) is 29.3. The molecule has 4 rings (SSSR count). The molecule has 1 saturated carbocycles. The molecule has 0 aromatic rings. The smallest absolute Gasteiger partial charge is 0.228 e. The van der Waals surface area contributed by atoms with Crippen LogP contribution in [0.1, 0.15) is 38.5 Å². The second-order valence-electron chi connectivity index (χ2n) is 8.31. The lowest BCUT2D eigenvalue weighted by Crippen LogP contribution is -2.59. The molecule has 4 aliphatic rings. The number of likely N-dealkylation sites (tertiary alicyclic amines) is 2. The molecule has 0 radical (unpaired) electrons. The van der Waals surface area contributed by atoms with E-state index >= 15 is 0 Å². The molecule has 6 heteroatoms. The summed E-state index contributed by atoms with van der Waals surface area (Å²) < 4.78 is 5.42. The first-order valence-corrected chi connectivity index (χ1v) is 10.1. The average Bonchev–Trinajstić information content (AvgIpc) is 3.44. The van der Waals surface area contributed by atoms with Crippen LogP contribution in [0.3, 0.4) is 0 Å². The highest BCUT2D eigenvalue weighted by molar-refractivity contribution is 5.83. The van der Waals surface area contributed by atoms with E-state index in [9.17, 15) is 9.59 Å². The van der Waals surface area contributed by atoms with Crippen LogP contribution in [0.15, 0.2) is 0 Å². The number of nitrogens with one attached hydrogen (secondary N) is 1. The first kappa shape index (κ1) is 17.3. The minimum Gasteiger partial charge on any atom is -0.381 e. The molecule has 1 unspecified atom stereocenters. The van der Waals surface area contributed by atoms with Crippen molar-refractivity contribution < 1.29 is 14.3 Å². The van der Waals surface area contributed by atoms with Crippen molar-refractivity contribution in [2.75, 3.05) is 45.9 Å². The van der Waals surface area contributed by atoms with E-state index in [2.05, 4.69) is 10.2 Å². The van der Waals surface area contributed by atoms with Crippen molar-refractivity contribution in [3.8, 4) is 0 Å². The molecule has 0 bridgehead atoms. The van der Waals surface area contributed by atoms with Crippen LogP contribution in [0.25, 0.3) is 0 Å². The standard InChI is InChI=1S/C19H31N3O3/c23-18(20-10-14-3-4-14)15-2-1-7-21(11-15)19(24)16-12-22(13-16)17-5-8-25-9-6-17/h14-17H,1-13H2,(H,20,23). The second kappa shape index (κ2) is 7.62. The second-order valence-corrected chi connectivity index (χ2v) is 8.31. The minimum absolute atomic E-state index is 0.0110. The molecule has 140 valence electrons. The highest BCUT2D eigenvalue weighted by Gasteiger charge is 2.40. The predicted molar refractivity (Wildman–Crippen MR) is 93.9 cm³/mol. The molecule has 3 aliphatic heterocycles. The molecular formula is C19H31N3O3. The molecule has 1 N–H and O–H groups in total. The van der Waals surface area contributed by atoms with Crippen molar-refractivity contribution in [2.45, 2.75) is 44.6 Å². The van der Waals surface area contributed by atoms with Gasteiger partial charge in [-0.15, -0.1) is 0 Å². The van der Waals surface area contributed by atoms with E-state index in [1.807, 2.05) is 4.90 Å². The number of carbonyl (C=O) groups is 2. The Kier molecular flexibility index (Phi) is 5.27. The van der Waals surface area contributed by atoms with E-state index in [1.165, 1.54) is 12.8 Å². The molecule has 0 aromatic carbocycles. The van der Waals surface area contributed by atoms with Gasteiger partial charge >= 0.3 is 0 Å². The Morgan fingerprint density at radius 3 is 2.44 bits per heavy atom. The summed E-state index contributed by atoms with van der Waals surface area (Å²) in [6.45, 7) is 5.73. The fourth-order valence-corrected chi connectivity index (χ4v) is 4.38. The monoisotopic (exact) mass is 349 g/mol. The highest BCUT2D eigenvalue weighted by Crippen LogP contribution is 2.29. The van der Waals surface area contributed by atoms with Crippen molar-refractivity contribution in [3.63, 3.8) is 0 Å². The number of ether oxygens (including phenoxy) is 1. The lowest BCUT2D eigenvalue weighted by molar-refractivity contribution is -0.146. The molecule has 25 heavy (non-hydrogen) atoms. The van der Waals surface area contributed by atoms with Crippen molar-refractivity contribution in [1.29, 1.82) is 0 Å². The first-order valence-electron chi connectivity index (χ1n) is 10.1. The average molecular weight is 349 g/mol. The molecular weight excluding hydrogens is 318 g/mol. The van der Waals surface area contributed by atoms with Crippen molar-refractivity contribution in [2.24, 2.45) is 17.8 Å². The summed E-state index contributed by atoms with van der Waals surface area (Å²) >= 11 is 0. The summed E-state index contributed by atoms with van der Waals surface area (Å²) in [5, 5.41) is 3.08. The van der Waals surface area contributed by atoms with E-state index in [4.69, 9.17) is 4.74 Å². The zero-order chi connectivity index (χ0) is 17.2. The molecule has 6 nitrogen and oxygen atoms in total. The van der Waals surface area contributed by atoms with E-state index in [0.717, 1.165) is 65.1 Å². The van der Waals surface area contributed by atoms with E-state index in [0.29, 0.717) is 18.5 Å². The van der Waals surface area contributed by atoms with E-state index in [-0.39, 0.29) is 23.7 Å². The Labute approximate surface area is 150 Å². The van der Waals surface area contributed by atoms with Gasteiger partial charge in [0.15, 0.2) is 0 Å². The molecule has 0 aromatic heterocycles. The van der Waals surface area contributed by atoms with Gasteiger partial charge in [0.2, 0.25) is 11.8 Å². The van der Waals surface area contributed by atoms with Gasteiger partial charge in [-0.1, -0.05) is 0 Å². The SMILES string of the molecule is O=C(NCC1CC1)C1CCCN(C(=O)C2CN(C3CCOCC3)C2)C1. The van der Waals surface area contributed by atoms with Gasteiger partial charge < -0.3 is 15.0 Å². The topological polar surface area (TPSA) is 61.9 Å². The van der Waals surface area contributed by atoms with Crippen LogP contribution in [0.2, 0.25) is 0 Å². The lowest BCUT2D eigenvalue weighted by atomic mass is 9.91. The Balaban J connectivity index is 1.22. The van der Waals surface area contributed by atoms with Gasteiger partial charge in [0.1, 0.15) is 0 Å². The first-order chi connectivity index (χ1) is 12.2. The minimum atomic E-state index is -0.0110. The summed E-state index contributed by atoms with van der Waals surface area (Å²) in [6, 6.07) is 0.597. The van der Waals surface area contributed by atoms with Gasteiger partial charge in [0, 0.05) is 52.0 Å². The van der Waals surface area contributed by atoms with Gasteiger partial charge in [-0.2, -0.15) is 0 Å². The van der Waals surface area contributed by atoms with E-state index < -0.39 is 0 Å². The third-order valence-electron chi connectivity index (χ3n) is 6.33. The number of amides is 2. The molecule has 3 saturated heterocycles.